The third-order valence-electron chi connectivity index (χ3n) is 5.70. The molecule has 4 rings (SSSR count). The summed E-state index contributed by atoms with van der Waals surface area (Å²) in [5.41, 5.74) is 3.84. The van der Waals surface area contributed by atoms with Crippen molar-refractivity contribution in [3.63, 3.8) is 0 Å². The molecule has 0 aliphatic carbocycles. The Morgan fingerprint density at radius 1 is 1.07 bits per heavy atom. The Kier molecular flexibility index (Phi) is 6.09. The summed E-state index contributed by atoms with van der Waals surface area (Å²) in [7, 11) is 0. The topological polar surface area (TPSA) is 65.2 Å². The Labute approximate surface area is 181 Å². The third-order valence-corrected chi connectivity index (χ3v) is 5.93. The molecule has 6 heteroatoms. The number of ketones is 1. The third kappa shape index (κ3) is 4.36. The minimum absolute atomic E-state index is 0.165. The van der Waals surface area contributed by atoms with Gasteiger partial charge < -0.3 is 15.2 Å². The van der Waals surface area contributed by atoms with Gasteiger partial charge in [-0.3, -0.25) is 9.59 Å². The normalized spacial score (nSPS) is 14.1. The number of aromatic amines is 1. The maximum atomic E-state index is 12.7. The Bertz CT molecular complexity index is 1070. The number of H-pyrrole nitrogens is 1. The highest BCUT2D eigenvalue weighted by Gasteiger charge is 2.21. The highest BCUT2D eigenvalue weighted by molar-refractivity contribution is 6.31. The van der Waals surface area contributed by atoms with E-state index in [0.29, 0.717) is 28.2 Å². The van der Waals surface area contributed by atoms with E-state index < -0.39 is 0 Å². The number of benzene rings is 2. The number of amides is 1. The van der Waals surface area contributed by atoms with Gasteiger partial charge in [0.2, 0.25) is 0 Å². The quantitative estimate of drug-likeness (QED) is 0.549. The molecular formula is C24H26ClN3O2. The lowest BCUT2D eigenvalue weighted by molar-refractivity contribution is 0.0936. The first kappa shape index (κ1) is 20.5. The predicted octanol–water partition coefficient (Wildman–Crippen LogP) is 4.99. The van der Waals surface area contributed by atoms with Gasteiger partial charge in [-0.05, 0) is 68.5 Å². The van der Waals surface area contributed by atoms with Crippen molar-refractivity contribution >= 4 is 39.9 Å². The lowest BCUT2D eigenvalue weighted by Crippen LogP contribution is -2.29. The van der Waals surface area contributed by atoms with Crippen LogP contribution in [0.1, 0.15) is 52.6 Å². The van der Waals surface area contributed by atoms with Gasteiger partial charge in [0.15, 0.2) is 5.78 Å². The van der Waals surface area contributed by atoms with Gasteiger partial charge >= 0.3 is 0 Å². The molecule has 1 fully saturated rings. The number of halogens is 1. The smallest absolute Gasteiger partial charge is 0.268 e. The fourth-order valence-electron chi connectivity index (χ4n) is 4.13. The first-order chi connectivity index (χ1) is 14.5. The second-order valence-corrected chi connectivity index (χ2v) is 8.28. The molecule has 0 radical (unpaired) electrons. The van der Waals surface area contributed by atoms with E-state index in [0.717, 1.165) is 25.0 Å². The lowest BCUT2D eigenvalue weighted by atomic mass is 10.1. The molecule has 1 aliphatic rings. The summed E-state index contributed by atoms with van der Waals surface area (Å²) < 4.78 is 0. The van der Waals surface area contributed by atoms with Crippen molar-refractivity contribution in [2.24, 2.45) is 0 Å². The van der Waals surface area contributed by atoms with Gasteiger partial charge in [0.05, 0.1) is 5.56 Å². The molecule has 0 saturated carbocycles. The van der Waals surface area contributed by atoms with Crippen LogP contribution in [0, 0.1) is 0 Å². The summed E-state index contributed by atoms with van der Waals surface area (Å²) in [5, 5.41) is 4.14. The molecule has 5 nitrogen and oxygen atoms in total. The molecular weight excluding hydrogens is 398 g/mol. The van der Waals surface area contributed by atoms with Crippen LogP contribution in [-0.2, 0) is 6.42 Å². The SMILES string of the molecule is CC(=O)c1c(C(=O)NCCc2ccc(N3CCCCC3)cc2)[nH]c2ccc(Cl)cc12. The molecule has 1 amide bonds. The molecule has 2 heterocycles. The van der Waals surface area contributed by atoms with Gasteiger partial charge in [0.25, 0.3) is 5.91 Å². The average Bonchev–Trinajstić information content (AvgIpc) is 3.14. The van der Waals surface area contributed by atoms with E-state index in [1.165, 1.54) is 37.4 Å². The molecule has 1 aliphatic heterocycles. The maximum absolute atomic E-state index is 12.7. The van der Waals surface area contributed by atoms with E-state index in [1.807, 2.05) is 0 Å². The Hall–Kier alpha value is -2.79. The number of fused-ring (bicyclic) bond motifs is 1. The summed E-state index contributed by atoms with van der Waals surface area (Å²) in [4.78, 5) is 30.4. The molecule has 1 aromatic heterocycles. The monoisotopic (exact) mass is 423 g/mol. The minimum atomic E-state index is -0.280. The van der Waals surface area contributed by atoms with Gasteiger partial charge in [-0.2, -0.15) is 0 Å². The van der Waals surface area contributed by atoms with Crippen LogP contribution in [0.5, 0.6) is 0 Å². The van der Waals surface area contributed by atoms with Crippen LogP contribution < -0.4 is 10.2 Å². The number of piperidine rings is 1. The first-order valence-electron chi connectivity index (χ1n) is 10.5. The zero-order chi connectivity index (χ0) is 21.1. The number of nitrogens with one attached hydrogen (secondary N) is 2. The van der Waals surface area contributed by atoms with E-state index in [-0.39, 0.29) is 11.7 Å². The van der Waals surface area contributed by atoms with E-state index >= 15 is 0 Å². The van der Waals surface area contributed by atoms with Gasteiger partial charge in [0, 0.05) is 41.2 Å². The predicted molar refractivity (Wildman–Crippen MR) is 122 cm³/mol. The number of hydrogen-bond acceptors (Lipinski definition) is 3. The van der Waals surface area contributed by atoms with Crippen molar-refractivity contribution in [2.75, 3.05) is 24.5 Å². The fraction of sp³-hybridized carbons (Fsp3) is 0.333. The summed E-state index contributed by atoms with van der Waals surface area (Å²) in [6.07, 6.45) is 4.57. The standard InChI is InChI=1S/C24H26ClN3O2/c1-16(29)22-20-15-18(25)7-10-21(20)27-23(22)24(30)26-12-11-17-5-8-19(9-6-17)28-13-3-2-4-14-28/h5-10,15,27H,2-4,11-14H2,1H3,(H,26,30). The summed E-state index contributed by atoms with van der Waals surface area (Å²) >= 11 is 6.07. The van der Waals surface area contributed by atoms with Gasteiger partial charge in [0.1, 0.15) is 5.69 Å². The van der Waals surface area contributed by atoms with Crippen molar-refractivity contribution in [1.29, 1.82) is 0 Å². The number of Topliss-reactive ketones (excluding diaryl/α,β-unsaturated/α-hetero) is 1. The van der Waals surface area contributed by atoms with E-state index in [9.17, 15) is 9.59 Å². The molecule has 0 atom stereocenters. The van der Waals surface area contributed by atoms with E-state index in [1.54, 1.807) is 18.2 Å². The molecule has 2 N–H and O–H groups in total. The van der Waals surface area contributed by atoms with Crippen molar-refractivity contribution in [1.82, 2.24) is 10.3 Å². The number of carbonyl (C=O) groups is 2. The van der Waals surface area contributed by atoms with Gasteiger partial charge in [-0.1, -0.05) is 23.7 Å². The molecule has 0 bridgehead atoms. The molecule has 156 valence electrons. The van der Waals surface area contributed by atoms with Crippen LogP contribution in [0.3, 0.4) is 0 Å². The van der Waals surface area contributed by atoms with Crippen molar-refractivity contribution in [2.45, 2.75) is 32.6 Å². The van der Waals surface area contributed by atoms with E-state index in [4.69, 9.17) is 11.6 Å². The molecule has 0 unspecified atom stereocenters. The number of carbonyl (C=O) groups excluding carboxylic acids is 2. The summed E-state index contributed by atoms with van der Waals surface area (Å²) in [5.74, 6) is -0.445. The minimum Gasteiger partial charge on any atom is -0.372 e. The van der Waals surface area contributed by atoms with Crippen LogP contribution in [0.2, 0.25) is 5.02 Å². The molecule has 2 aromatic carbocycles. The van der Waals surface area contributed by atoms with Crippen LogP contribution >= 0.6 is 11.6 Å². The highest BCUT2D eigenvalue weighted by atomic mass is 35.5. The van der Waals surface area contributed by atoms with Crippen molar-refractivity contribution in [3.8, 4) is 0 Å². The Morgan fingerprint density at radius 2 is 1.80 bits per heavy atom. The lowest BCUT2D eigenvalue weighted by Gasteiger charge is -2.28. The van der Waals surface area contributed by atoms with Crippen LogP contribution in [0.4, 0.5) is 5.69 Å². The summed E-state index contributed by atoms with van der Waals surface area (Å²) in [6.45, 7) is 4.22. The number of anilines is 1. The molecule has 0 spiro atoms. The number of nitrogens with zero attached hydrogens (tertiary/aromatic N) is 1. The van der Waals surface area contributed by atoms with Crippen LogP contribution in [-0.4, -0.2) is 36.3 Å². The maximum Gasteiger partial charge on any atom is 0.268 e. The van der Waals surface area contributed by atoms with Gasteiger partial charge in [-0.25, -0.2) is 0 Å². The van der Waals surface area contributed by atoms with E-state index in [2.05, 4.69) is 39.5 Å². The molecule has 3 aromatic rings. The molecule has 1 saturated heterocycles. The molecule has 30 heavy (non-hydrogen) atoms. The zero-order valence-electron chi connectivity index (χ0n) is 17.1. The number of hydrogen-bond donors (Lipinski definition) is 2. The van der Waals surface area contributed by atoms with Gasteiger partial charge in [-0.15, -0.1) is 0 Å². The average molecular weight is 424 g/mol. The first-order valence-corrected chi connectivity index (χ1v) is 10.8. The van der Waals surface area contributed by atoms with Crippen molar-refractivity contribution < 1.29 is 9.59 Å². The second-order valence-electron chi connectivity index (χ2n) is 7.84. The second kappa shape index (κ2) is 8.92. The fourth-order valence-corrected chi connectivity index (χ4v) is 4.31. The van der Waals surface area contributed by atoms with Crippen LogP contribution in [0.15, 0.2) is 42.5 Å². The summed E-state index contributed by atoms with van der Waals surface area (Å²) in [6, 6.07) is 13.8. The number of aromatic nitrogens is 1. The number of rotatable bonds is 6. The largest absolute Gasteiger partial charge is 0.372 e. The zero-order valence-corrected chi connectivity index (χ0v) is 17.9. The Balaban J connectivity index is 1.40. The van der Waals surface area contributed by atoms with Crippen LogP contribution in [0.25, 0.3) is 10.9 Å². The van der Waals surface area contributed by atoms with Crippen molar-refractivity contribution in [3.05, 3.63) is 64.3 Å². The Morgan fingerprint density at radius 3 is 2.50 bits per heavy atom. The highest BCUT2D eigenvalue weighted by Crippen LogP contribution is 2.26.